The van der Waals surface area contributed by atoms with Crippen molar-refractivity contribution in [2.24, 2.45) is 0 Å². The molecule has 0 radical (unpaired) electrons. The Balaban J connectivity index is 2.19. The number of amides is 2. The maximum Gasteiger partial charge on any atom is 0.272 e. The van der Waals surface area contributed by atoms with Gasteiger partial charge in [0.15, 0.2) is 12.2 Å². The zero-order valence-corrected chi connectivity index (χ0v) is 10.8. The minimum atomic E-state index is -0.862. The van der Waals surface area contributed by atoms with Crippen molar-refractivity contribution in [3.05, 3.63) is 30.3 Å². The van der Waals surface area contributed by atoms with E-state index in [1.54, 1.807) is 0 Å². The largest absolute Gasteiger partial charge is 0.368 e. The number of methoxy groups -OCH3 is 2. The number of carbonyl (C=O) groups is 2. The van der Waals surface area contributed by atoms with E-state index in [1.165, 1.54) is 14.2 Å². The molecule has 2 atom stereocenters. The molecule has 5 nitrogen and oxygen atoms in total. The summed E-state index contributed by atoms with van der Waals surface area (Å²) >= 11 is 1.08. The van der Waals surface area contributed by atoms with Crippen molar-refractivity contribution in [1.29, 1.82) is 0 Å². The van der Waals surface area contributed by atoms with Crippen molar-refractivity contribution in [2.75, 3.05) is 14.2 Å². The molecule has 1 aliphatic heterocycles. The van der Waals surface area contributed by atoms with Gasteiger partial charge in [-0.2, -0.15) is 0 Å². The second kappa shape index (κ2) is 5.51. The van der Waals surface area contributed by atoms with Crippen LogP contribution in [-0.4, -0.2) is 42.5 Å². The van der Waals surface area contributed by atoms with E-state index in [-0.39, 0.29) is 11.8 Å². The lowest BCUT2D eigenvalue weighted by atomic mass is 10.2. The van der Waals surface area contributed by atoms with Crippen LogP contribution in [0.3, 0.4) is 0 Å². The Morgan fingerprint density at radius 1 is 1.00 bits per heavy atom. The molecule has 1 heterocycles. The van der Waals surface area contributed by atoms with E-state index in [1.807, 2.05) is 30.3 Å². The highest BCUT2D eigenvalue weighted by molar-refractivity contribution is 7.98. The van der Waals surface area contributed by atoms with E-state index in [0.29, 0.717) is 0 Å². The maximum absolute atomic E-state index is 12.0. The van der Waals surface area contributed by atoms with Crippen molar-refractivity contribution in [3.63, 3.8) is 0 Å². The third kappa shape index (κ3) is 2.27. The molecular formula is C12H13NO4S. The summed E-state index contributed by atoms with van der Waals surface area (Å²) in [5.74, 6) is -0.772. The molecule has 0 saturated carbocycles. The molecule has 0 aromatic heterocycles. The predicted octanol–water partition coefficient (Wildman–Crippen LogP) is 1.09. The number of benzene rings is 1. The first kappa shape index (κ1) is 13.1. The van der Waals surface area contributed by atoms with E-state index in [4.69, 9.17) is 9.47 Å². The second-order valence-electron chi connectivity index (χ2n) is 3.69. The van der Waals surface area contributed by atoms with Crippen molar-refractivity contribution in [3.8, 4) is 0 Å². The van der Waals surface area contributed by atoms with Gasteiger partial charge in [-0.15, -0.1) is 0 Å². The fraction of sp³-hybridized carbons (Fsp3) is 0.333. The minimum absolute atomic E-state index is 0.386. The molecule has 0 N–H and O–H groups in total. The van der Waals surface area contributed by atoms with Gasteiger partial charge in [0, 0.05) is 19.1 Å². The lowest BCUT2D eigenvalue weighted by Crippen LogP contribution is -2.32. The summed E-state index contributed by atoms with van der Waals surface area (Å²) in [7, 11) is 2.77. The molecule has 1 aliphatic rings. The zero-order chi connectivity index (χ0) is 13.1. The third-order valence-corrected chi connectivity index (χ3v) is 3.64. The average Bonchev–Trinajstić information content (AvgIpc) is 2.63. The van der Waals surface area contributed by atoms with Crippen LogP contribution in [-0.2, 0) is 19.1 Å². The van der Waals surface area contributed by atoms with E-state index in [0.717, 1.165) is 21.1 Å². The number of ether oxygens (including phenoxy) is 2. The van der Waals surface area contributed by atoms with Crippen LogP contribution >= 0.6 is 11.9 Å². The summed E-state index contributed by atoms with van der Waals surface area (Å²) in [4.78, 5) is 24.8. The average molecular weight is 267 g/mol. The first-order valence-electron chi connectivity index (χ1n) is 5.35. The van der Waals surface area contributed by atoms with Crippen LogP contribution in [0.2, 0.25) is 0 Å². The quantitative estimate of drug-likeness (QED) is 0.604. The van der Waals surface area contributed by atoms with Gasteiger partial charge in [0.25, 0.3) is 11.8 Å². The van der Waals surface area contributed by atoms with Gasteiger partial charge in [-0.1, -0.05) is 18.2 Å². The maximum atomic E-state index is 12.0. The highest BCUT2D eigenvalue weighted by Gasteiger charge is 2.49. The highest BCUT2D eigenvalue weighted by atomic mass is 32.2. The molecule has 0 spiro atoms. The molecule has 1 fully saturated rings. The van der Waals surface area contributed by atoms with Crippen LogP contribution < -0.4 is 0 Å². The van der Waals surface area contributed by atoms with E-state index in [2.05, 4.69) is 0 Å². The summed E-state index contributed by atoms with van der Waals surface area (Å²) in [6, 6.07) is 9.21. The van der Waals surface area contributed by atoms with Crippen LogP contribution in [0.5, 0.6) is 0 Å². The Kier molecular flexibility index (Phi) is 4.00. The normalized spacial score (nSPS) is 23.8. The smallest absolute Gasteiger partial charge is 0.272 e. The second-order valence-corrected chi connectivity index (χ2v) is 4.71. The Morgan fingerprint density at radius 3 is 1.94 bits per heavy atom. The molecule has 2 rings (SSSR count). The number of carbonyl (C=O) groups excluding carboxylic acids is 2. The first-order valence-corrected chi connectivity index (χ1v) is 6.12. The van der Waals surface area contributed by atoms with Gasteiger partial charge in [0.1, 0.15) is 0 Å². The molecule has 1 saturated heterocycles. The molecule has 96 valence electrons. The van der Waals surface area contributed by atoms with Crippen LogP contribution in [0.4, 0.5) is 0 Å². The molecule has 6 heteroatoms. The lowest BCUT2D eigenvalue weighted by Gasteiger charge is -2.12. The van der Waals surface area contributed by atoms with Gasteiger partial charge in [-0.3, -0.25) is 9.59 Å². The molecule has 2 amide bonds. The van der Waals surface area contributed by atoms with Crippen molar-refractivity contribution >= 4 is 23.8 Å². The third-order valence-electron chi connectivity index (χ3n) is 2.61. The van der Waals surface area contributed by atoms with Gasteiger partial charge in [0.2, 0.25) is 0 Å². The van der Waals surface area contributed by atoms with E-state index in [9.17, 15) is 9.59 Å². The number of nitrogens with zero attached hydrogens (tertiary/aromatic N) is 1. The predicted molar refractivity (Wildman–Crippen MR) is 65.7 cm³/mol. The van der Waals surface area contributed by atoms with Crippen molar-refractivity contribution < 1.29 is 19.1 Å². The van der Waals surface area contributed by atoms with E-state index >= 15 is 0 Å². The standard InChI is InChI=1S/C12H13NO4S/c1-16-9-10(17-2)12(15)13(11(9)14)18-8-6-4-3-5-7-8/h3-7,9-10H,1-2H3. The first-order chi connectivity index (χ1) is 8.69. The number of imide groups is 1. The fourth-order valence-electron chi connectivity index (χ4n) is 1.72. The number of hydrogen-bond donors (Lipinski definition) is 0. The number of rotatable bonds is 4. The fourth-order valence-corrected chi connectivity index (χ4v) is 2.60. The summed E-state index contributed by atoms with van der Waals surface area (Å²) in [5.41, 5.74) is 0. The Bertz CT molecular complexity index is 429. The zero-order valence-electron chi connectivity index (χ0n) is 10.0. The molecule has 1 aromatic rings. The van der Waals surface area contributed by atoms with Gasteiger partial charge >= 0.3 is 0 Å². The Hall–Kier alpha value is -1.37. The highest BCUT2D eigenvalue weighted by Crippen LogP contribution is 2.30. The van der Waals surface area contributed by atoms with Crippen LogP contribution in [0.25, 0.3) is 0 Å². The summed E-state index contributed by atoms with van der Waals surface area (Å²) in [6.45, 7) is 0. The monoisotopic (exact) mass is 267 g/mol. The molecular weight excluding hydrogens is 254 g/mol. The lowest BCUT2D eigenvalue weighted by molar-refractivity contribution is -0.135. The topological polar surface area (TPSA) is 55.8 Å². The Labute approximate surface area is 109 Å². The minimum Gasteiger partial charge on any atom is -0.368 e. The Morgan fingerprint density at radius 2 is 1.50 bits per heavy atom. The van der Waals surface area contributed by atoms with Gasteiger partial charge < -0.3 is 9.47 Å². The number of hydrogen-bond acceptors (Lipinski definition) is 5. The molecule has 1 aromatic carbocycles. The van der Waals surface area contributed by atoms with Gasteiger partial charge in [-0.05, 0) is 24.1 Å². The summed E-state index contributed by atoms with van der Waals surface area (Å²) in [5, 5.41) is 0. The van der Waals surface area contributed by atoms with Gasteiger partial charge in [-0.25, -0.2) is 4.31 Å². The van der Waals surface area contributed by atoms with Gasteiger partial charge in [0.05, 0.1) is 0 Å². The summed E-state index contributed by atoms with van der Waals surface area (Å²) < 4.78 is 11.1. The van der Waals surface area contributed by atoms with Crippen LogP contribution in [0, 0.1) is 0 Å². The SMILES string of the molecule is COC1C(=O)N(Sc2ccccc2)C(=O)C1OC. The summed E-state index contributed by atoms with van der Waals surface area (Å²) in [6.07, 6.45) is -1.72. The molecule has 0 bridgehead atoms. The molecule has 2 unspecified atom stereocenters. The van der Waals surface area contributed by atoms with Crippen LogP contribution in [0.15, 0.2) is 35.2 Å². The van der Waals surface area contributed by atoms with Crippen molar-refractivity contribution in [2.45, 2.75) is 17.1 Å². The van der Waals surface area contributed by atoms with Crippen LogP contribution in [0.1, 0.15) is 0 Å². The molecule has 18 heavy (non-hydrogen) atoms. The molecule has 0 aliphatic carbocycles. The van der Waals surface area contributed by atoms with Crippen molar-refractivity contribution in [1.82, 2.24) is 4.31 Å². The van der Waals surface area contributed by atoms with E-state index < -0.39 is 12.2 Å².